The fourth-order valence-corrected chi connectivity index (χ4v) is 1.59. The number of carboxylic acid groups (broad SMARTS) is 1. The van der Waals surface area contributed by atoms with Gasteiger partial charge in [-0.25, -0.2) is 13.6 Å². The van der Waals surface area contributed by atoms with Gasteiger partial charge in [-0.1, -0.05) is 0 Å². The van der Waals surface area contributed by atoms with Crippen LogP contribution in [0, 0.1) is 11.6 Å². The Hall–Kier alpha value is -2.63. The summed E-state index contributed by atoms with van der Waals surface area (Å²) in [6.45, 7) is 0.142. The molecule has 2 aromatic carbocycles. The van der Waals surface area contributed by atoms with E-state index in [-0.39, 0.29) is 24.5 Å². The maximum atomic E-state index is 13.3. The molecule has 0 aliphatic carbocycles. The fraction of sp³-hybridized carbons (Fsp3) is 0.133. The zero-order chi connectivity index (χ0) is 15.2. The van der Waals surface area contributed by atoms with Crippen molar-refractivity contribution in [2.24, 2.45) is 0 Å². The SMILES string of the molecule is O=C(O)c1ccc(OCCOc2cc(F)ccc2F)cc1. The van der Waals surface area contributed by atoms with Gasteiger partial charge < -0.3 is 14.6 Å². The molecular formula is C15H12F2O4. The van der Waals surface area contributed by atoms with Crippen molar-refractivity contribution in [1.29, 1.82) is 0 Å². The van der Waals surface area contributed by atoms with Gasteiger partial charge in [0.25, 0.3) is 0 Å². The summed E-state index contributed by atoms with van der Waals surface area (Å²) >= 11 is 0. The molecule has 0 saturated heterocycles. The molecule has 0 atom stereocenters. The summed E-state index contributed by atoms with van der Waals surface area (Å²) in [4.78, 5) is 10.7. The number of rotatable bonds is 6. The zero-order valence-electron chi connectivity index (χ0n) is 10.9. The van der Waals surface area contributed by atoms with Crippen molar-refractivity contribution in [1.82, 2.24) is 0 Å². The minimum Gasteiger partial charge on any atom is -0.490 e. The Morgan fingerprint density at radius 3 is 2.33 bits per heavy atom. The Morgan fingerprint density at radius 1 is 1.00 bits per heavy atom. The first-order chi connectivity index (χ1) is 10.1. The molecule has 1 N–H and O–H groups in total. The van der Waals surface area contributed by atoms with Crippen LogP contribution in [0.1, 0.15) is 10.4 Å². The predicted molar refractivity (Wildman–Crippen MR) is 70.7 cm³/mol. The molecule has 0 fully saturated rings. The number of hydrogen-bond acceptors (Lipinski definition) is 3. The second-order valence-electron chi connectivity index (χ2n) is 4.10. The number of carboxylic acids is 1. The number of carbonyl (C=O) groups is 1. The summed E-state index contributed by atoms with van der Waals surface area (Å²) in [5.41, 5.74) is 0.153. The number of aromatic carboxylic acids is 1. The van der Waals surface area contributed by atoms with Gasteiger partial charge in [-0.15, -0.1) is 0 Å². The summed E-state index contributed by atoms with van der Waals surface area (Å²) < 4.78 is 36.5. The fourth-order valence-electron chi connectivity index (χ4n) is 1.59. The highest BCUT2D eigenvalue weighted by molar-refractivity contribution is 5.87. The van der Waals surface area contributed by atoms with Crippen LogP contribution in [0.5, 0.6) is 11.5 Å². The minimum absolute atomic E-state index is 0.0288. The molecule has 2 rings (SSSR count). The van der Waals surface area contributed by atoms with E-state index < -0.39 is 17.6 Å². The van der Waals surface area contributed by atoms with E-state index in [1.54, 1.807) is 0 Å². The molecule has 0 aliphatic heterocycles. The van der Waals surface area contributed by atoms with Crippen molar-refractivity contribution in [2.75, 3.05) is 13.2 Å². The molecule has 2 aromatic rings. The molecule has 0 heterocycles. The van der Waals surface area contributed by atoms with Gasteiger partial charge in [-0.3, -0.25) is 0 Å². The summed E-state index contributed by atoms with van der Waals surface area (Å²) in [5.74, 6) is -1.98. The van der Waals surface area contributed by atoms with Gasteiger partial charge >= 0.3 is 5.97 Å². The molecule has 0 amide bonds. The predicted octanol–water partition coefficient (Wildman–Crippen LogP) is 3.12. The van der Waals surface area contributed by atoms with Crippen molar-refractivity contribution in [3.8, 4) is 11.5 Å². The Balaban J connectivity index is 1.81. The molecule has 21 heavy (non-hydrogen) atoms. The highest BCUT2D eigenvalue weighted by Gasteiger charge is 2.05. The maximum Gasteiger partial charge on any atom is 0.335 e. The second kappa shape index (κ2) is 6.69. The van der Waals surface area contributed by atoms with Crippen LogP contribution in [0.15, 0.2) is 42.5 Å². The number of benzene rings is 2. The van der Waals surface area contributed by atoms with E-state index in [0.717, 1.165) is 18.2 Å². The lowest BCUT2D eigenvalue weighted by molar-refractivity contribution is 0.0697. The largest absolute Gasteiger partial charge is 0.490 e. The highest BCUT2D eigenvalue weighted by Crippen LogP contribution is 2.18. The molecule has 6 heteroatoms. The van der Waals surface area contributed by atoms with Gasteiger partial charge in [0.05, 0.1) is 5.56 Å². The minimum atomic E-state index is -1.02. The standard InChI is InChI=1S/C15H12F2O4/c16-11-3-6-13(17)14(9-11)21-8-7-20-12-4-1-10(2-5-12)15(18)19/h1-6,9H,7-8H2,(H,18,19). The van der Waals surface area contributed by atoms with Crippen LogP contribution in [0.4, 0.5) is 8.78 Å². The quantitative estimate of drug-likeness (QED) is 0.832. The molecule has 0 aliphatic rings. The summed E-state index contributed by atoms with van der Waals surface area (Å²) in [5, 5.41) is 8.74. The van der Waals surface area contributed by atoms with E-state index in [4.69, 9.17) is 14.6 Å². The Morgan fingerprint density at radius 2 is 1.67 bits per heavy atom. The number of halogens is 2. The van der Waals surface area contributed by atoms with Gasteiger partial charge in [0.15, 0.2) is 11.6 Å². The van der Waals surface area contributed by atoms with Crippen LogP contribution >= 0.6 is 0 Å². The van der Waals surface area contributed by atoms with Crippen molar-refractivity contribution >= 4 is 5.97 Å². The molecule has 0 radical (unpaired) electrons. The first kappa shape index (κ1) is 14.8. The van der Waals surface area contributed by atoms with Gasteiger partial charge in [0.2, 0.25) is 0 Å². The van der Waals surface area contributed by atoms with Crippen LogP contribution in [0.3, 0.4) is 0 Å². The third-order valence-electron chi connectivity index (χ3n) is 2.60. The zero-order valence-corrected chi connectivity index (χ0v) is 10.9. The number of hydrogen-bond donors (Lipinski definition) is 1. The van der Waals surface area contributed by atoms with Crippen molar-refractivity contribution in [3.63, 3.8) is 0 Å². The lowest BCUT2D eigenvalue weighted by Crippen LogP contribution is -2.10. The normalized spacial score (nSPS) is 10.2. The van der Waals surface area contributed by atoms with E-state index >= 15 is 0 Å². The molecule has 0 bridgehead atoms. The molecule has 0 unspecified atom stereocenters. The van der Waals surface area contributed by atoms with Crippen molar-refractivity contribution in [3.05, 3.63) is 59.7 Å². The van der Waals surface area contributed by atoms with Gasteiger partial charge in [-0.05, 0) is 36.4 Å². The van der Waals surface area contributed by atoms with Gasteiger partial charge in [-0.2, -0.15) is 0 Å². The smallest absolute Gasteiger partial charge is 0.335 e. The summed E-state index contributed by atoms with van der Waals surface area (Å²) in [6, 6.07) is 8.77. The average molecular weight is 294 g/mol. The monoisotopic (exact) mass is 294 g/mol. The lowest BCUT2D eigenvalue weighted by Gasteiger charge is -2.09. The third kappa shape index (κ3) is 4.17. The van der Waals surface area contributed by atoms with E-state index in [1.165, 1.54) is 24.3 Å². The first-order valence-corrected chi connectivity index (χ1v) is 6.10. The van der Waals surface area contributed by atoms with Gasteiger partial charge in [0, 0.05) is 6.07 Å². The molecule has 0 aromatic heterocycles. The molecule has 4 nitrogen and oxygen atoms in total. The molecule has 0 saturated carbocycles. The summed E-state index contributed by atoms with van der Waals surface area (Å²) in [6.07, 6.45) is 0. The molecular weight excluding hydrogens is 282 g/mol. The van der Waals surface area contributed by atoms with E-state index in [0.29, 0.717) is 5.75 Å². The average Bonchev–Trinajstić information content (AvgIpc) is 2.47. The molecule has 110 valence electrons. The lowest BCUT2D eigenvalue weighted by atomic mass is 10.2. The van der Waals surface area contributed by atoms with E-state index in [9.17, 15) is 13.6 Å². The van der Waals surface area contributed by atoms with Crippen LogP contribution in [0.25, 0.3) is 0 Å². The molecule has 0 spiro atoms. The number of ether oxygens (including phenoxy) is 2. The van der Waals surface area contributed by atoms with Crippen LogP contribution in [0.2, 0.25) is 0 Å². The third-order valence-corrected chi connectivity index (χ3v) is 2.60. The van der Waals surface area contributed by atoms with Gasteiger partial charge in [0.1, 0.15) is 24.8 Å². The van der Waals surface area contributed by atoms with E-state index in [1.807, 2.05) is 0 Å². The maximum absolute atomic E-state index is 13.3. The Kier molecular flexibility index (Phi) is 4.71. The van der Waals surface area contributed by atoms with Crippen molar-refractivity contribution < 1.29 is 28.2 Å². The van der Waals surface area contributed by atoms with Crippen LogP contribution < -0.4 is 9.47 Å². The highest BCUT2D eigenvalue weighted by atomic mass is 19.1. The van der Waals surface area contributed by atoms with E-state index in [2.05, 4.69) is 0 Å². The Bertz CT molecular complexity index is 626. The van der Waals surface area contributed by atoms with Crippen molar-refractivity contribution in [2.45, 2.75) is 0 Å². The van der Waals surface area contributed by atoms with Crippen LogP contribution in [-0.2, 0) is 0 Å². The van der Waals surface area contributed by atoms with Crippen LogP contribution in [-0.4, -0.2) is 24.3 Å². The summed E-state index contributed by atoms with van der Waals surface area (Å²) in [7, 11) is 0. The second-order valence-corrected chi connectivity index (χ2v) is 4.10. The topological polar surface area (TPSA) is 55.8 Å². The first-order valence-electron chi connectivity index (χ1n) is 6.10. The Labute approximate surface area is 119 Å².